The Labute approximate surface area is 162 Å². The summed E-state index contributed by atoms with van der Waals surface area (Å²) in [7, 11) is 0. The predicted molar refractivity (Wildman–Crippen MR) is 106 cm³/mol. The molecule has 0 bridgehead atoms. The number of rotatable bonds is 6. The van der Waals surface area contributed by atoms with Gasteiger partial charge in [-0.15, -0.1) is 10.2 Å². The van der Waals surface area contributed by atoms with E-state index in [9.17, 15) is 4.79 Å². The number of carbonyl (C=O) groups excluding carboxylic acids is 1. The largest absolute Gasteiger partial charge is 0.488 e. The standard InChI is InChI=1S/C22H20N4O2/c1-16-7-6-8-17(13-16)15-28-19-10-3-2-9-18(19)22(27)23-14-21-25-24-20-11-4-5-12-26(20)21/h2-13H,14-15H2,1H3,(H,23,27). The van der Waals surface area contributed by atoms with Crippen molar-refractivity contribution >= 4 is 11.6 Å². The molecule has 140 valence electrons. The highest BCUT2D eigenvalue weighted by Gasteiger charge is 2.13. The maximum atomic E-state index is 12.7. The number of para-hydroxylation sites is 1. The summed E-state index contributed by atoms with van der Waals surface area (Å²) >= 11 is 0. The zero-order valence-corrected chi connectivity index (χ0v) is 15.5. The van der Waals surface area contributed by atoms with Crippen molar-refractivity contribution in [2.24, 2.45) is 0 Å². The van der Waals surface area contributed by atoms with Crippen LogP contribution in [-0.2, 0) is 13.2 Å². The summed E-state index contributed by atoms with van der Waals surface area (Å²) in [5.41, 5.74) is 3.47. The zero-order chi connectivity index (χ0) is 19.3. The first-order chi connectivity index (χ1) is 13.7. The van der Waals surface area contributed by atoms with Gasteiger partial charge in [-0.2, -0.15) is 0 Å². The molecular weight excluding hydrogens is 352 g/mol. The second-order valence-corrected chi connectivity index (χ2v) is 6.50. The smallest absolute Gasteiger partial charge is 0.255 e. The van der Waals surface area contributed by atoms with Crippen molar-refractivity contribution < 1.29 is 9.53 Å². The van der Waals surface area contributed by atoms with Crippen LogP contribution in [0, 0.1) is 6.92 Å². The Morgan fingerprint density at radius 3 is 2.79 bits per heavy atom. The van der Waals surface area contributed by atoms with Crippen LogP contribution >= 0.6 is 0 Å². The number of benzene rings is 2. The topological polar surface area (TPSA) is 68.5 Å². The fourth-order valence-corrected chi connectivity index (χ4v) is 3.01. The molecule has 2 aromatic heterocycles. The number of carbonyl (C=O) groups is 1. The Morgan fingerprint density at radius 1 is 1.04 bits per heavy atom. The van der Waals surface area contributed by atoms with Crippen LogP contribution in [0.15, 0.2) is 72.9 Å². The maximum absolute atomic E-state index is 12.7. The number of nitrogens with one attached hydrogen (secondary N) is 1. The molecule has 0 aliphatic carbocycles. The number of fused-ring (bicyclic) bond motifs is 1. The van der Waals surface area contributed by atoms with Gasteiger partial charge >= 0.3 is 0 Å². The Hall–Kier alpha value is -3.67. The number of aryl methyl sites for hydroxylation is 1. The molecule has 1 N–H and O–H groups in total. The van der Waals surface area contributed by atoms with E-state index in [0.29, 0.717) is 23.7 Å². The number of hydrogen-bond donors (Lipinski definition) is 1. The van der Waals surface area contributed by atoms with Crippen molar-refractivity contribution in [3.63, 3.8) is 0 Å². The number of nitrogens with zero attached hydrogens (tertiary/aromatic N) is 3. The minimum atomic E-state index is -0.215. The van der Waals surface area contributed by atoms with E-state index < -0.39 is 0 Å². The highest BCUT2D eigenvalue weighted by atomic mass is 16.5. The van der Waals surface area contributed by atoms with Crippen molar-refractivity contribution in [1.29, 1.82) is 0 Å². The molecule has 1 amide bonds. The van der Waals surface area contributed by atoms with E-state index in [4.69, 9.17) is 4.74 Å². The molecular formula is C22H20N4O2. The minimum Gasteiger partial charge on any atom is -0.488 e. The molecule has 0 saturated heterocycles. The van der Waals surface area contributed by atoms with E-state index in [1.165, 1.54) is 5.56 Å². The third-order valence-corrected chi connectivity index (χ3v) is 4.40. The van der Waals surface area contributed by atoms with Crippen LogP contribution in [0.25, 0.3) is 5.65 Å². The molecule has 2 aromatic carbocycles. The van der Waals surface area contributed by atoms with Crippen LogP contribution < -0.4 is 10.1 Å². The van der Waals surface area contributed by atoms with E-state index in [1.54, 1.807) is 12.1 Å². The van der Waals surface area contributed by atoms with Gasteiger partial charge in [-0.3, -0.25) is 9.20 Å². The third-order valence-electron chi connectivity index (χ3n) is 4.40. The van der Waals surface area contributed by atoms with Crippen molar-refractivity contribution in [2.45, 2.75) is 20.1 Å². The van der Waals surface area contributed by atoms with Crippen molar-refractivity contribution in [3.8, 4) is 5.75 Å². The van der Waals surface area contributed by atoms with Crippen LogP contribution in [0.4, 0.5) is 0 Å². The molecule has 0 aliphatic rings. The number of ether oxygens (including phenoxy) is 1. The summed E-state index contributed by atoms with van der Waals surface area (Å²) in [6.45, 7) is 2.72. The molecule has 0 saturated carbocycles. The van der Waals surface area contributed by atoms with E-state index >= 15 is 0 Å². The first kappa shape index (κ1) is 17.7. The molecule has 0 fully saturated rings. The average molecular weight is 372 g/mol. The van der Waals surface area contributed by atoms with Gasteiger partial charge in [-0.25, -0.2) is 0 Å². The summed E-state index contributed by atoms with van der Waals surface area (Å²) in [4.78, 5) is 12.7. The zero-order valence-electron chi connectivity index (χ0n) is 15.5. The van der Waals surface area contributed by atoms with E-state index in [-0.39, 0.29) is 12.5 Å². The lowest BCUT2D eigenvalue weighted by Crippen LogP contribution is -2.24. The highest BCUT2D eigenvalue weighted by Crippen LogP contribution is 2.20. The molecule has 0 unspecified atom stereocenters. The van der Waals surface area contributed by atoms with Crippen LogP contribution in [0.5, 0.6) is 5.75 Å². The molecule has 0 radical (unpaired) electrons. The van der Waals surface area contributed by atoms with Crippen LogP contribution in [0.3, 0.4) is 0 Å². The molecule has 0 atom stereocenters. The predicted octanol–water partition coefficient (Wildman–Crippen LogP) is 3.55. The van der Waals surface area contributed by atoms with Gasteiger partial charge in [-0.05, 0) is 36.8 Å². The van der Waals surface area contributed by atoms with Crippen molar-refractivity contribution in [3.05, 3.63) is 95.4 Å². The third kappa shape index (κ3) is 3.86. The van der Waals surface area contributed by atoms with Crippen LogP contribution in [0.2, 0.25) is 0 Å². The Balaban J connectivity index is 1.45. The summed E-state index contributed by atoms with van der Waals surface area (Å²) < 4.78 is 7.76. The quantitative estimate of drug-likeness (QED) is 0.562. The minimum absolute atomic E-state index is 0.215. The van der Waals surface area contributed by atoms with Crippen molar-refractivity contribution in [2.75, 3.05) is 0 Å². The number of hydrogen-bond acceptors (Lipinski definition) is 4. The monoisotopic (exact) mass is 372 g/mol. The summed E-state index contributed by atoms with van der Waals surface area (Å²) in [5, 5.41) is 11.1. The van der Waals surface area contributed by atoms with Gasteiger partial charge in [0, 0.05) is 6.20 Å². The van der Waals surface area contributed by atoms with E-state index in [1.807, 2.05) is 66.1 Å². The molecule has 2 heterocycles. The summed E-state index contributed by atoms with van der Waals surface area (Å²) in [6.07, 6.45) is 1.87. The lowest BCUT2D eigenvalue weighted by Gasteiger charge is -2.12. The number of pyridine rings is 1. The second-order valence-electron chi connectivity index (χ2n) is 6.50. The Kier molecular flexibility index (Phi) is 5.01. The normalized spacial score (nSPS) is 10.8. The molecule has 6 heteroatoms. The first-order valence-electron chi connectivity index (χ1n) is 9.05. The van der Waals surface area contributed by atoms with E-state index in [2.05, 4.69) is 21.6 Å². The van der Waals surface area contributed by atoms with Crippen LogP contribution in [-0.4, -0.2) is 20.5 Å². The Morgan fingerprint density at radius 2 is 1.89 bits per heavy atom. The maximum Gasteiger partial charge on any atom is 0.255 e. The fraction of sp³-hybridized carbons (Fsp3) is 0.136. The lowest BCUT2D eigenvalue weighted by atomic mass is 10.1. The van der Waals surface area contributed by atoms with Gasteiger partial charge in [0.2, 0.25) is 0 Å². The number of aromatic nitrogens is 3. The van der Waals surface area contributed by atoms with Crippen molar-refractivity contribution in [1.82, 2.24) is 19.9 Å². The molecule has 28 heavy (non-hydrogen) atoms. The molecule has 6 nitrogen and oxygen atoms in total. The van der Waals surface area contributed by atoms with E-state index in [0.717, 1.165) is 11.2 Å². The Bertz CT molecular complexity index is 1120. The first-order valence-corrected chi connectivity index (χ1v) is 9.05. The van der Waals surface area contributed by atoms with Crippen LogP contribution in [0.1, 0.15) is 27.3 Å². The molecule has 4 rings (SSSR count). The number of amides is 1. The van der Waals surface area contributed by atoms with Gasteiger partial charge in [0.15, 0.2) is 11.5 Å². The molecule has 4 aromatic rings. The SMILES string of the molecule is Cc1cccc(COc2ccccc2C(=O)NCc2nnc3ccccn23)c1. The molecule has 0 spiro atoms. The van der Waals surface area contributed by atoms with Gasteiger partial charge in [0.05, 0.1) is 12.1 Å². The fourth-order valence-electron chi connectivity index (χ4n) is 3.01. The molecule has 0 aliphatic heterocycles. The van der Waals surface area contributed by atoms with Gasteiger partial charge in [0.25, 0.3) is 5.91 Å². The highest BCUT2D eigenvalue weighted by molar-refractivity contribution is 5.96. The summed E-state index contributed by atoms with van der Waals surface area (Å²) in [5.74, 6) is 1.00. The summed E-state index contributed by atoms with van der Waals surface area (Å²) in [6, 6.07) is 21.0. The van der Waals surface area contributed by atoms with Gasteiger partial charge < -0.3 is 10.1 Å². The average Bonchev–Trinajstić information content (AvgIpc) is 3.14. The lowest BCUT2D eigenvalue weighted by molar-refractivity contribution is 0.0945. The van der Waals surface area contributed by atoms with Gasteiger partial charge in [0.1, 0.15) is 12.4 Å². The second kappa shape index (κ2) is 7.92. The van der Waals surface area contributed by atoms with Gasteiger partial charge in [-0.1, -0.05) is 48.0 Å².